The number of carbonyl (C=O) groups excluding carboxylic acids is 2. The van der Waals surface area contributed by atoms with Crippen LogP contribution in [0.15, 0.2) is 47.8 Å². The lowest BCUT2D eigenvalue weighted by Gasteiger charge is -2.26. The van der Waals surface area contributed by atoms with Gasteiger partial charge in [-0.2, -0.15) is 0 Å². The minimum absolute atomic E-state index is 0.0786. The number of halogens is 1. The Morgan fingerprint density at radius 3 is 2.73 bits per heavy atom. The van der Waals surface area contributed by atoms with Crippen LogP contribution in [0.2, 0.25) is 5.02 Å². The summed E-state index contributed by atoms with van der Waals surface area (Å²) >= 11 is 7.18. The van der Waals surface area contributed by atoms with Gasteiger partial charge in [0.05, 0.1) is 18.3 Å². The second-order valence-electron chi connectivity index (χ2n) is 6.77. The fourth-order valence-electron chi connectivity index (χ4n) is 3.21. The Kier molecular flexibility index (Phi) is 5.87. The molecule has 0 saturated carbocycles. The zero-order valence-electron chi connectivity index (χ0n) is 16.1. The van der Waals surface area contributed by atoms with Gasteiger partial charge in [0.15, 0.2) is 5.13 Å². The predicted octanol–water partition coefficient (Wildman–Crippen LogP) is 5.07. The van der Waals surface area contributed by atoms with E-state index >= 15 is 0 Å². The van der Waals surface area contributed by atoms with Crippen molar-refractivity contribution in [3.63, 3.8) is 0 Å². The van der Waals surface area contributed by atoms with Crippen LogP contribution in [-0.2, 0) is 4.79 Å². The normalized spacial score (nSPS) is 14.9. The lowest BCUT2D eigenvalue weighted by atomic mass is 9.97. The molecule has 0 spiro atoms. The Bertz CT molecular complexity index is 1080. The fourth-order valence-corrected chi connectivity index (χ4v) is 4.05. The second-order valence-corrected chi connectivity index (χ2v) is 8.06. The molecule has 4 rings (SSSR count). The number of nitrogens with zero attached hydrogens (tertiary/aromatic N) is 1. The topological polar surface area (TPSA) is 92.4 Å². The average molecular weight is 443 g/mol. The quantitative estimate of drug-likeness (QED) is 0.526. The number of ether oxygens (including phenoxy) is 1. The summed E-state index contributed by atoms with van der Waals surface area (Å²) in [5, 5.41) is 11.4. The molecule has 0 bridgehead atoms. The largest absolute Gasteiger partial charge is 0.493 e. The molecule has 0 fully saturated rings. The highest BCUT2D eigenvalue weighted by Gasteiger charge is 2.23. The van der Waals surface area contributed by atoms with Crippen molar-refractivity contribution in [2.75, 3.05) is 17.2 Å². The Morgan fingerprint density at radius 1 is 1.17 bits per heavy atom. The van der Waals surface area contributed by atoms with Gasteiger partial charge >= 0.3 is 6.03 Å². The molecular weight excluding hydrogens is 424 g/mol. The number of fused-ring (bicyclic) bond motifs is 1. The number of nitrogens with one attached hydrogen (secondary N) is 3. The standard InChI is InChI=1S/C21H19ClN4O3S/c1-12(27)23-17-8-9-29-19-7-2-13(10-16(17)19)18-11-30-21(25-18)26-20(28)24-15-5-3-14(22)4-6-15/h2-7,10-11,17H,8-9H2,1H3,(H,23,27)(H2,24,25,26,28). The Hall–Kier alpha value is -3.10. The van der Waals surface area contributed by atoms with Crippen molar-refractivity contribution in [2.45, 2.75) is 19.4 Å². The summed E-state index contributed by atoms with van der Waals surface area (Å²) in [5.74, 6) is 0.685. The lowest BCUT2D eigenvalue weighted by Crippen LogP contribution is -2.30. The van der Waals surface area contributed by atoms with E-state index in [9.17, 15) is 9.59 Å². The molecule has 30 heavy (non-hydrogen) atoms. The molecule has 7 nitrogen and oxygen atoms in total. The van der Waals surface area contributed by atoms with E-state index in [1.807, 2.05) is 23.6 Å². The van der Waals surface area contributed by atoms with Crippen molar-refractivity contribution in [1.82, 2.24) is 10.3 Å². The van der Waals surface area contributed by atoms with Gasteiger partial charge in [-0.3, -0.25) is 10.1 Å². The third kappa shape index (κ3) is 4.72. The van der Waals surface area contributed by atoms with Crippen LogP contribution in [0.4, 0.5) is 15.6 Å². The predicted molar refractivity (Wildman–Crippen MR) is 118 cm³/mol. The molecule has 0 radical (unpaired) electrons. The Morgan fingerprint density at radius 2 is 1.97 bits per heavy atom. The average Bonchev–Trinajstić information content (AvgIpc) is 3.17. The van der Waals surface area contributed by atoms with Crippen LogP contribution in [0.25, 0.3) is 11.3 Å². The molecule has 2 heterocycles. The van der Waals surface area contributed by atoms with E-state index in [1.165, 1.54) is 18.3 Å². The van der Waals surface area contributed by atoms with Gasteiger partial charge in [-0.1, -0.05) is 11.6 Å². The third-order valence-corrected chi connectivity index (χ3v) is 5.56. The van der Waals surface area contributed by atoms with E-state index in [-0.39, 0.29) is 18.0 Å². The summed E-state index contributed by atoms with van der Waals surface area (Å²) in [4.78, 5) is 28.2. The second kappa shape index (κ2) is 8.73. The van der Waals surface area contributed by atoms with Crippen molar-refractivity contribution in [3.05, 3.63) is 58.4 Å². The number of carbonyl (C=O) groups is 2. The van der Waals surface area contributed by atoms with Crippen LogP contribution in [0, 0.1) is 0 Å². The minimum Gasteiger partial charge on any atom is -0.493 e. The number of hydrogen-bond donors (Lipinski definition) is 3. The molecule has 3 amide bonds. The maximum atomic E-state index is 12.2. The molecule has 2 aromatic carbocycles. The van der Waals surface area contributed by atoms with Gasteiger partial charge in [0.1, 0.15) is 5.75 Å². The molecule has 0 saturated heterocycles. The van der Waals surface area contributed by atoms with Crippen LogP contribution >= 0.6 is 22.9 Å². The molecule has 1 aliphatic rings. The minimum atomic E-state index is -0.386. The molecular formula is C21H19ClN4O3S. The number of aromatic nitrogens is 1. The monoisotopic (exact) mass is 442 g/mol. The number of amides is 3. The third-order valence-electron chi connectivity index (χ3n) is 4.55. The number of hydrogen-bond acceptors (Lipinski definition) is 5. The molecule has 1 aromatic heterocycles. The zero-order valence-corrected chi connectivity index (χ0v) is 17.6. The van der Waals surface area contributed by atoms with Gasteiger partial charge < -0.3 is 15.4 Å². The molecule has 1 atom stereocenters. The van der Waals surface area contributed by atoms with Gasteiger partial charge in [-0.15, -0.1) is 11.3 Å². The summed E-state index contributed by atoms with van der Waals surface area (Å²) in [6.45, 7) is 2.07. The molecule has 0 aliphatic carbocycles. The molecule has 1 aliphatic heterocycles. The van der Waals surface area contributed by atoms with Crippen LogP contribution in [0.1, 0.15) is 24.9 Å². The first-order valence-corrected chi connectivity index (χ1v) is 10.6. The van der Waals surface area contributed by atoms with E-state index < -0.39 is 0 Å². The van der Waals surface area contributed by atoms with Crippen molar-refractivity contribution >= 4 is 45.7 Å². The number of thiazole rings is 1. The van der Waals surface area contributed by atoms with Gasteiger partial charge in [-0.25, -0.2) is 9.78 Å². The summed E-state index contributed by atoms with van der Waals surface area (Å²) < 4.78 is 5.71. The summed E-state index contributed by atoms with van der Waals surface area (Å²) in [6.07, 6.45) is 0.713. The van der Waals surface area contributed by atoms with Crippen molar-refractivity contribution in [2.24, 2.45) is 0 Å². The first kappa shape index (κ1) is 20.2. The van der Waals surface area contributed by atoms with E-state index in [0.29, 0.717) is 28.9 Å². The van der Waals surface area contributed by atoms with E-state index in [4.69, 9.17) is 16.3 Å². The number of rotatable bonds is 4. The van der Waals surface area contributed by atoms with Gasteiger partial charge in [0.2, 0.25) is 5.91 Å². The number of benzene rings is 2. The van der Waals surface area contributed by atoms with E-state index in [2.05, 4.69) is 20.9 Å². The molecule has 1 unspecified atom stereocenters. The first-order valence-electron chi connectivity index (χ1n) is 9.31. The Labute approximate surface area is 182 Å². The summed E-state index contributed by atoms with van der Waals surface area (Å²) in [6, 6.07) is 12.1. The molecule has 3 N–H and O–H groups in total. The van der Waals surface area contributed by atoms with Crippen LogP contribution in [-0.4, -0.2) is 23.5 Å². The Balaban J connectivity index is 1.48. The van der Waals surface area contributed by atoms with Crippen LogP contribution in [0.3, 0.4) is 0 Å². The number of urea groups is 1. The highest BCUT2D eigenvalue weighted by molar-refractivity contribution is 7.14. The first-order chi connectivity index (χ1) is 14.5. The maximum Gasteiger partial charge on any atom is 0.325 e. The smallest absolute Gasteiger partial charge is 0.325 e. The van der Waals surface area contributed by atoms with Crippen LogP contribution < -0.4 is 20.7 Å². The van der Waals surface area contributed by atoms with Gasteiger partial charge in [0, 0.05) is 40.6 Å². The number of anilines is 2. The zero-order chi connectivity index (χ0) is 21.1. The van der Waals surface area contributed by atoms with Crippen LogP contribution in [0.5, 0.6) is 5.75 Å². The van der Waals surface area contributed by atoms with E-state index in [0.717, 1.165) is 22.6 Å². The summed E-state index contributed by atoms with van der Waals surface area (Å²) in [7, 11) is 0. The summed E-state index contributed by atoms with van der Waals surface area (Å²) in [5.41, 5.74) is 3.18. The van der Waals surface area contributed by atoms with Crippen molar-refractivity contribution < 1.29 is 14.3 Å². The van der Waals surface area contributed by atoms with Gasteiger partial charge in [0.25, 0.3) is 0 Å². The maximum absolute atomic E-state index is 12.2. The van der Waals surface area contributed by atoms with Crippen molar-refractivity contribution in [3.8, 4) is 17.0 Å². The van der Waals surface area contributed by atoms with Crippen molar-refractivity contribution in [1.29, 1.82) is 0 Å². The van der Waals surface area contributed by atoms with E-state index in [1.54, 1.807) is 24.3 Å². The SMILES string of the molecule is CC(=O)NC1CCOc2ccc(-c3csc(NC(=O)Nc4ccc(Cl)cc4)n3)cc21. The highest BCUT2D eigenvalue weighted by Crippen LogP contribution is 2.36. The molecule has 154 valence electrons. The molecule has 9 heteroatoms. The lowest BCUT2D eigenvalue weighted by molar-refractivity contribution is -0.119. The molecule has 3 aromatic rings. The van der Waals surface area contributed by atoms with Gasteiger partial charge in [-0.05, 0) is 42.5 Å². The fraction of sp³-hybridized carbons (Fsp3) is 0.190. The highest BCUT2D eigenvalue weighted by atomic mass is 35.5.